The van der Waals surface area contributed by atoms with Gasteiger partial charge in [-0.25, -0.2) is 4.98 Å². The molecule has 1 saturated carbocycles. The van der Waals surface area contributed by atoms with Crippen molar-refractivity contribution in [2.75, 3.05) is 33.0 Å². The summed E-state index contributed by atoms with van der Waals surface area (Å²) < 4.78 is 13.1. The van der Waals surface area contributed by atoms with E-state index in [0.717, 1.165) is 80.1 Å². The van der Waals surface area contributed by atoms with Crippen molar-refractivity contribution >= 4 is 16.9 Å². The number of rotatable bonds is 8. The lowest BCUT2D eigenvalue weighted by Gasteiger charge is -2.34. The van der Waals surface area contributed by atoms with Crippen LogP contribution in [0.1, 0.15) is 37.6 Å². The van der Waals surface area contributed by atoms with Crippen molar-refractivity contribution in [3.63, 3.8) is 0 Å². The molecule has 0 radical (unpaired) electrons. The van der Waals surface area contributed by atoms with Crippen LogP contribution in [-0.2, 0) is 24.7 Å². The number of aromatic nitrogens is 2. The number of carbonyl (C=O) groups is 1. The van der Waals surface area contributed by atoms with Crippen molar-refractivity contribution in [2.45, 2.75) is 39.0 Å². The molecule has 3 heterocycles. The minimum absolute atomic E-state index is 0.186. The number of amides is 1. The number of hydrogen-bond acceptors (Lipinski definition) is 5. The van der Waals surface area contributed by atoms with E-state index in [1.165, 1.54) is 5.56 Å². The molecule has 1 aromatic heterocycles. The predicted octanol–water partition coefficient (Wildman–Crippen LogP) is 3.94. The van der Waals surface area contributed by atoms with E-state index in [2.05, 4.69) is 39.9 Å². The van der Waals surface area contributed by atoms with E-state index in [4.69, 9.17) is 14.5 Å². The highest BCUT2D eigenvalue weighted by Gasteiger charge is 2.58. The van der Waals surface area contributed by atoms with Gasteiger partial charge in [0.1, 0.15) is 5.82 Å². The zero-order valence-corrected chi connectivity index (χ0v) is 21.3. The van der Waals surface area contributed by atoms with Crippen LogP contribution >= 0.6 is 0 Å². The number of ether oxygens (including phenoxy) is 2. The molecule has 190 valence electrons. The van der Waals surface area contributed by atoms with Gasteiger partial charge >= 0.3 is 0 Å². The van der Waals surface area contributed by atoms with Gasteiger partial charge in [-0.05, 0) is 79.9 Å². The Morgan fingerprint density at radius 1 is 1.17 bits per heavy atom. The first-order chi connectivity index (χ1) is 17.5. The number of aryl methyl sites for hydroxylation is 1. The molecule has 1 saturated heterocycles. The minimum Gasteiger partial charge on any atom is -0.454 e. The normalized spacial score (nSPS) is 21.1. The summed E-state index contributed by atoms with van der Waals surface area (Å²) in [5.41, 5.74) is 3.69. The van der Waals surface area contributed by atoms with Crippen LogP contribution in [0.25, 0.3) is 11.0 Å². The average Bonchev–Trinajstić information content (AvgIpc) is 3.21. The third kappa shape index (κ3) is 4.57. The number of imidazole rings is 1. The van der Waals surface area contributed by atoms with E-state index in [1.807, 2.05) is 31.3 Å². The van der Waals surface area contributed by atoms with Gasteiger partial charge in [0.2, 0.25) is 12.7 Å². The van der Waals surface area contributed by atoms with Gasteiger partial charge < -0.3 is 24.3 Å². The van der Waals surface area contributed by atoms with Crippen LogP contribution in [0.3, 0.4) is 0 Å². The van der Waals surface area contributed by atoms with Gasteiger partial charge in [-0.1, -0.05) is 25.1 Å². The monoisotopic (exact) mass is 488 g/mol. The van der Waals surface area contributed by atoms with E-state index < -0.39 is 0 Å². The Labute approximate surface area is 212 Å². The fourth-order valence-electron chi connectivity index (χ4n) is 6.27. The fourth-order valence-corrected chi connectivity index (χ4v) is 6.27. The van der Waals surface area contributed by atoms with Gasteiger partial charge in [-0.15, -0.1) is 0 Å². The van der Waals surface area contributed by atoms with Gasteiger partial charge in [0, 0.05) is 32.5 Å². The Balaban J connectivity index is 0.938. The average molecular weight is 489 g/mol. The van der Waals surface area contributed by atoms with E-state index in [9.17, 15) is 4.79 Å². The summed E-state index contributed by atoms with van der Waals surface area (Å²) in [5, 5.41) is 3.20. The topological polar surface area (TPSA) is 68.6 Å². The molecular weight excluding hydrogens is 452 g/mol. The largest absolute Gasteiger partial charge is 0.454 e. The number of nitrogens with one attached hydrogen (secondary N) is 1. The molecule has 1 spiro atoms. The van der Waals surface area contributed by atoms with E-state index in [1.54, 1.807) is 0 Å². The Hall–Kier alpha value is -3.06. The van der Waals surface area contributed by atoms with Crippen LogP contribution in [0.2, 0.25) is 0 Å². The molecular formula is C29H36N4O3. The molecule has 2 aromatic carbocycles. The highest BCUT2D eigenvalue weighted by atomic mass is 16.7. The highest BCUT2D eigenvalue weighted by molar-refractivity contribution is 5.82. The standard InChI is InChI=1S/C29H36N4O3/c1-20(15-21-7-8-25-26(16-21)36-19-35-25)18-33-13-10-29(11-14-33)17-22(29)28(34)30-12-9-27-31-23-5-3-4-6-24(23)32(27)2/h3-8,16,20,22H,9-15,17-19H2,1-2H3,(H,30,34)/t20-,22+/m0/s1. The van der Waals surface area contributed by atoms with Crippen molar-refractivity contribution in [2.24, 2.45) is 24.3 Å². The lowest BCUT2D eigenvalue weighted by Crippen LogP contribution is -2.39. The van der Waals surface area contributed by atoms with Crippen LogP contribution in [0.15, 0.2) is 42.5 Å². The first-order valence-electron chi connectivity index (χ1n) is 13.3. The molecule has 6 rings (SSSR count). The number of nitrogens with zero attached hydrogens (tertiary/aromatic N) is 3. The second-order valence-electron chi connectivity index (χ2n) is 11.0. The van der Waals surface area contributed by atoms with E-state index in [0.29, 0.717) is 19.3 Å². The smallest absolute Gasteiger partial charge is 0.231 e. The lowest BCUT2D eigenvalue weighted by atomic mass is 9.89. The number of piperidine rings is 1. The summed E-state index contributed by atoms with van der Waals surface area (Å²) in [6.07, 6.45) is 5.10. The van der Waals surface area contributed by atoms with Gasteiger partial charge in [0.05, 0.1) is 11.0 Å². The molecule has 1 amide bonds. The van der Waals surface area contributed by atoms with Crippen molar-refractivity contribution in [1.82, 2.24) is 19.8 Å². The van der Waals surface area contributed by atoms with Gasteiger partial charge in [-0.2, -0.15) is 0 Å². The van der Waals surface area contributed by atoms with Gasteiger partial charge in [0.25, 0.3) is 0 Å². The van der Waals surface area contributed by atoms with E-state index >= 15 is 0 Å². The summed E-state index contributed by atoms with van der Waals surface area (Å²) in [5.74, 6) is 3.72. The number of hydrogen-bond donors (Lipinski definition) is 1. The van der Waals surface area contributed by atoms with Crippen LogP contribution in [0.4, 0.5) is 0 Å². The second-order valence-corrected chi connectivity index (χ2v) is 11.0. The Morgan fingerprint density at radius 3 is 2.81 bits per heavy atom. The van der Waals surface area contributed by atoms with Crippen molar-refractivity contribution in [1.29, 1.82) is 0 Å². The van der Waals surface area contributed by atoms with Crippen molar-refractivity contribution in [3.8, 4) is 11.5 Å². The highest BCUT2D eigenvalue weighted by Crippen LogP contribution is 2.59. The molecule has 3 aliphatic rings. The molecule has 36 heavy (non-hydrogen) atoms. The van der Waals surface area contributed by atoms with Crippen molar-refractivity contribution < 1.29 is 14.3 Å². The van der Waals surface area contributed by atoms with Crippen LogP contribution in [0.5, 0.6) is 11.5 Å². The number of carbonyl (C=O) groups excluding carboxylic acids is 1. The van der Waals surface area contributed by atoms with Crippen LogP contribution in [0, 0.1) is 17.3 Å². The first kappa shape index (κ1) is 23.3. The third-order valence-electron chi connectivity index (χ3n) is 8.48. The SMILES string of the molecule is C[C@@H](Cc1ccc2c(c1)OCO2)CN1CCC2(CC1)C[C@@H]2C(=O)NCCc1nc2ccccc2n1C. The molecule has 0 bridgehead atoms. The maximum absolute atomic E-state index is 12.9. The maximum Gasteiger partial charge on any atom is 0.231 e. The number of likely N-dealkylation sites (tertiary alicyclic amines) is 1. The van der Waals surface area contributed by atoms with Gasteiger partial charge in [0.15, 0.2) is 11.5 Å². The van der Waals surface area contributed by atoms with E-state index in [-0.39, 0.29) is 17.2 Å². The molecule has 1 N–H and O–H groups in total. The Bertz CT molecular complexity index is 1260. The summed E-state index contributed by atoms with van der Waals surface area (Å²) in [6.45, 7) is 6.58. The fraction of sp³-hybridized carbons (Fsp3) is 0.517. The molecule has 2 aliphatic heterocycles. The molecule has 7 nitrogen and oxygen atoms in total. The molecule has 2 fully saturated rings. The quantitative estimate of drug-likeness (QED) is 0.520. The predicted molar refractivity (Wildman–Crippen MR) is 139 cm³/mol. The summed E-state index contributed by atoms with van der Waals surface area (Å²) in [6, 6.07) is 14.5. The van der Waals surface area contributed by atoms with Gasteiger partial charge in [-0.3, -0.25) is 4.79 Å². The summed E-state index contributed by atoms with van der Waals surface area (Å²) in [4.78, 5) is 20.2. The summed E-state index contributed by atoms with van der Waals surface area (Å²) in [7, 11) is 2.05. The number of para-hydroxylation sites is 2. The zero-order chi connectivity index (χ0) is 24.7. The number of fused-ring (bicyclic) bond motifs is 2. The van der Waals surface area contributed by atoms with Crippen LogP contribution < -0.4 is 14.8 Å². The molecule has 0 unspecified atom stereocenters. The van der Waals surface area contributed by atoms with Crippen LogP contribution in [-0.4, -0.2) is 53.3 Å². The zero-order valence-electron chi connectivity index (χ0n) is 21.3. The molecule has 3 aromatic rings. The Morgan fingerprint density at radius 2 is 1.97 bits per heavy atom. The molecule has 7 heteroatoms. The maximum atomic E-state index is 12.9. The van der Waals surface area contributed by atoms with Crippen molar-refractivity contribution in [3.05, 3.63) is 53.9 Å². The Kier molecular flexibility index (Phi) is 6.12. The first-order valence-corrected chi connectivity index (χ1v) is 13.3. The second kappa shape index (κ2) is 9.43. The molecule has 2 atom stereocenters. The number of benzene rings is 2. The minimum atomic E-state index is 0.186. The summed E-state index contributed by atoms with van der Waals surface area (Å²) >= 11 is 0. The third-order valence-corrected chi connectivity index (χ3v) is 8.48. The lowest BCUT2D eigenvalue weighted by molar-refractivity contribution is -0.123. The molecule has 1 aliphatic carbocycles.